The van der Waals surface area contributed by atoms with Gasteiger partial charge in [-0.05, 0) is 25.5 Å². The van der Waals surface area contributed by atoms with Crippen LogP contribution in [0.25, 0.3) is 0 Å². The summed E-state index contributed by atoms with van der Waals surface area (Å²) in [5.74, 6) is 1.11. The van der Waals surface area contributed by atoms with Gasteiger partial charge < -0.3 is 9.84 Å². The van der Waals surface area contributed by atoms with Gasteiger partial charge in [-0.2, -0.15) is 0 Å². The molecule has 0 unspecified atom stereocenters. The van der Waals surface area contributed by atoms with Gasteiger partial charge in [0.1, 0.15) is 11.5 Å². The van der Waals surface area contributed by atoms with Crippen LogP contribution in [0.1, 0.15) is 44.6 Å². The smallest absolute Gasteiger partial charge is 0.125 e. The molecular weight excluding hydrogens is 200 g/mol. The van der Waals surface area contributed by atoms with E-state index in [9.17, 15) is 5.11 Å². The molecule has 0 aliphatic rings. The first kappa shape index (κ1) is 12.9. The highest BCUT2D eigenvalue weighted by Crippen LogP contribution is 2.26. The van der Waals surface area contributed by atoms with Crippen LogP contribution < -0.4 is 4.74 Å². The zero-order valence-corrected chi connectivity index (χ0v) is 10.3. The van der Waals surface area contributed by atoms with Crippen molar-refractivity contribution in [1.29, 1.82) is 0 Å². The second-order valence-electron chi connectivity index (χ2n) is 4.16. The van der Waals surface area contributed by atoms with Crippen LogP contribution in [0.4, 0.5) is 0 Å². The second-order valence-corrected chi connectivity index (χ2v) is 4.16. The second kappa shape index (κ2) is 7.15. The van der Waals surface area contributed by atoms with Crippen LogP contribution in [0.2, 0.25) is 0 Å². The fourth-order valence-electron chi connectivity index (χ4n) is 1.65. The van der Waals surface area contributed by atoms with Gasteiger partial charge in [0, 0.05) is 5.56 Å². The van der Waals surface area contributed by atoms with Crippen LogP contribution >= 0.6 is 0 Å². The largest absolute Gasteiger partial charge is 0.508 e. The monoisotopic (exact) mass is 222 g/mol. The molecule has 90 valence electrons. The van der Waals surface area contributed by atoms with Crippen LogP contribution in [-0.2, 0) is 0 Å². The summed E-state index contributed by atoms with van der Waals surface area (Å²) in [4.78, 5) is 0. The van der Waals surface area contributed by atoms with Crippen molar-refractivity contribution in [2.45, 2.75) is 46.0 Å². The maximum atomic E-state index is 9.49. The summed E-state index contributed by atoms with van der Waals surface area (Å²) in [6, 6.07) is 5.40. The quantitative estimate of drug-likeness (QED) is 0.705. The summed E-state index contributed by atoms with van der Waals surface area (Å²) in [6.07, 6.45) is 6.19. The zero-order valence-electron chi connectivity index (χ0n) is 10.3. The highest BCUT2D eigenvalue weighted by molar-refractivity contribution is 5.42. The molecule has 1 N–H and O–H groups in total. The van der Waals surface area contributed by atoms with E-state index in [-0.39, 0.29) is 0 Å². The minimum absolute atomic E-state index is 0.309. The van der Waals surface area contributed by atoms with E-state index < -0.39 is 0 Å². The van der Waals surface area contributed by atoms with Crippen molar-refractivity contribution >= 4 is 0 Å². The Hall–Kier alpha value is -1.18. The molecule has 1 rings (SSSR count). The number of phenols is 1. The van der Waals surface area contributed by atoms with Crippen molar-refractivity contribution in [2.24, 2.45) is 0 Å². The average molecular weight is 222 g/mol. The Labute approximate surface area is 98.3 Å². The van der Waals surface area contributed by atoms with Crippen molar-refractivity contribution in [3.8, 4) is 11.5 Å². The van der Waals surface area contributed by atoms with E-state index in [0.29, 0.717) is 5.75 Å². The third kappa shape index (κ3) is 4.13. The lowest BCUT2D eigenvalue weighted by molar-refractivity contribution is 0.300. The van der Waals surface area contributed by atoms with E-state index in [1.807, 2.05) is 19.1 Å². The Morgan fingerprint density at radius 3 is 2.62 bits per heavy atom. The topological polar surface area (TPSA) is 29.5 Å². The van der Waals surface area contributed by atoms with E-state index in [2.05, 4.69) is 6.92 Å². The minimum atomic E-state index is 0.309. The highest BCUT2D eigenvalue weighted by atomic mass is 16.5. The molecule has 1 aromatic rings. The average Bonchev–Trinajstić information content (AvgIpc) is 2.29. The maximum Gasteiger partial charge on any atom is 0.125 e. The van der Waals surface area contributed by atoms with E-state index in [4.69, 9.17) is 4.74 Å². The number of benzene rings is 1. The predicted octanol–water partition coefficient (Wildman–Crippen LogP) is 4.05. The van der Waals surface area contributed by atoms with Gasteiger partial charge in [0.15, 0.2) is 0 Å². The summed E-state index contributed by atoms with van der Waals surface area (Å²) in [6.45, 7) is 4.84. The third-order valence-corrected chi connectivity index (χ3v) is 2.76. The van der Waals surface area contributed by atoms with Crippen molar-refractivity contribution in [3.63, 3.8) is 0 Å². The van der Waals surface area contributed by atoms with Gasteiger partial charge in [-0.25, -0.2) is 0 Å². The van der Waals surface area contributed by atoms with E-state index in [1.54, 1.807) is 6.07 Å². The molecular formula is C14H22O2. The molecule has 0 bridgehead atoms. The van der Waals surface area contributed by atoms with Gasteiger partial charge in [-0.3, -0.25) is 0 Å². The molecule has 0 amide bonds. The number of phenolic OH excluding ortho intramolecular Hbond substituents is 1. The summed E-state index contributed by atoms with van der Waals surface area (Å²) in [5.41, 5.74) is 0.830. The van der Waals surface area contributed by atoms with Gasteiger partial charge in [0.25, 0.3) is 0 Å². The molecule has 2 nitrogen and oxygen atoms in total. The standard InChI is InChI=1S/C14H22O2/c1-3-4-5-6-7-11-16-14-10-8-9-13(15)12(14)2/h8-10,15H,3-7,11H2,1-2H3. The lowest BCUT2D eigenvalue weighted by Crippen LogP contribution is -1.98. The van der Waals surface area contributed by atoms with E-state index >= 15 is 0 Å². The van der Waals surface area contributed by atoms with Gasteiger partial charge in [-0.15, -0.1) is 0 Å². The summed E-state index contributed by atoms with van der Waals surface area (Å²) >= 11 is 0. The van der Waals surface area contributed by atoms with E-state index in [1.165, 1.54) is 25.7 Å². The van der Waals surface area contributed by atoms with Crippen molar-refractivity contribution in [1.82, 2.24) is 0 Å². The number of rotatable bonds is 7. The maximum absolute atomic E-state index is 9.49. The van der Waals surface area contributed by atoms with Gasteiger partial charge >= 0.3 is 0 Å². The van der Waals surface area contributed by atoms with Gasteiger partial charge in [-0.1, -0.05) is 38.7 Å². The molecule has 0 atom stereocenters. The molecule has 0 spiro atoms. The number of hydrogen-bond donors (Lipinski definition) is 1. The fourth-order valence-corrected chi connectivity index (χ4v) is 1.65. The van der Waals surface area contributed by atoms with E-state index in [0.717, 1.165) is 24.3 Å². The lowest BCUT2D eigenvalue weighted by atomic mass is 10.1. The number of ether oxygens (including phenoxy) is 1. The van der Waals surface area contributed by atoms with Crippen molar-refractivity contribution < 1.29 is 9.84 Å². The molecule has 2 heteroatoms. The Morgan fingerprint density at radius 2 is 1.88 bits per heavy atom. The van der Waals surface area contributed by atoms with Crippen LogP contribution in [0, 0.1) is 6.92 Å². The van der Waals surface area contributed by atoms with Gasteiger partial charge in [0.2, 0.25) is 0 Å². The minimum Gasteiger partial charge on any atom is -0.508 e. The third-order valence-electron chi connectivity index (χ3n) is 2.76. The first-order valence-electron chi connectivity index (χ1n) is 6.17. The molecule has 0 aromatic heterocycles. The summed E-state index contributed by atoms with van der Waals surface area (Å²) in [7, 11) is 0. The summed E-state index contributed by atoms with van der Waals surface area (Å²) in [5, 5.41) is 9.49. The first-order chi connectivity index (χ1) is 7.75. The number of aromatic hydroxyl groups is 1. The van der Waals surface area contributed by atoms with Crippen molar-refractivity contribution in [3.05, 3.63) is 23.8 Å². The Bertz CT molecular complexity index is 308. The summed E-state index contributed by atoms with van der Waals surface area (Å²) < 4.78 is 5.64. The Kier molecular flexibility index (Phi) is 5.76. The van der Waals surface area contributed by atoms with Crippen LogP contribution in [0.15, 0.2) is 18.2 Å². The highest BCUT2D eigenvalue weighted by Gasteiger charge is 2.02. The van der Waals surface area contributed by atoms with Gasteiger partial charge in [0.05, 0.1) is 6.61 Å². The zero-order chi connectivity index (χ0) is 11.8. The fraction of sp³-hybridized carbons (Fsp3) is 0.571. The number of hydrogen-bond acceptors (Lipinski definition) is 2. The molecule has 0 heterocycles. The van der Waals surface area contributed by atoms with Crippen LogP contribution in [0.3, 0.4) is 0 Å². The molecule has 0 saturated heterocycles. The normalized spacial score (nSPS) is 10.4. The molecule has 0 radical (unpaired) electrons. The Morgan fingerprint density at radius 1 is 1.12 bits per heavy atom. The first-order valence-corrected chi connectivity index (χ1v) is 6.17. The predicted molar refractivity (Wildman–Crippen MR) is 67.1 cm³/mol. The molecule has 0 aliphatic heterocycles. The van der Waals surface area contributed by atoms with Crippen LogP contribution in [0.5, 0.6) is 11.5 Å². The molecule has 0 fully saturated rings. The molecule has 0 aliphatic carbocycles. The molecule has 0 saturated carbocycles. The SMILES string of the molecule is CCCCCCCOc1cccc(O)c1C. The number of unbranched alkanes of at least 4 members (excludes halogenated alkanes) is 4. The Balaban J connectivity index is 2.24. The van der Waals surface area contributed by atoms with Crippen LogP contribution in [-0.4, -0.2) is 11.7 Å². The molecule has 1 aromatic carbocycles. The lowest BCUT2D eigenvalue weighted by Gasteiger charge is -2.09. The molecule has 16 heavy (non-hydrogen) atoms. The van der Waals surface area contributed by atoms with Crippen molar-refractivity contribution in [2.75, 3.05) is 6.61 Å².